The molecule has 2 heteroatoms. The normalized spacial score (nSPS) is 12.2. The molecule has 0 saturated heterocycles. The molecule has 1 unspecified atom stereocenters. The molecular formula is C19H18O2. The van der Waals surface area contributed by atoms with Crippen LogP contribution < -0.4 is 0 Å². The first-order valence-electron chi connectivity index (χ1n) is 6.86. The smallest absolute Gasteiger partial charge is 0.331 e. The number of hydrogen-bond donors (Lipinski definition) is 1. The molecule has 1 N–H and O–H groups in total. The van der Waals surface area contributed by atoms with E-state index in [2.05, 4.69) is 6.58 Å². The van der Waals surface area contributed by atoms with Gasteiger partial charge >= 0.3 is 5.97 Å². The zero-order valence-electron chi connectivity index (χ0n) is 11.8. The van der Waals surface area contributed by atoms with Crippen LogP contribution >= 0.6 is 0 Å². The highest BCUT2D eigenvalue weighted by atomic mass is 16.4. The second kappa shape index (κ2) is 7.25. The van der Waals surface area contributed by atoms with Crippen molar-refractivity contribution in [1.82, 2.24) is 0 Å². The van der Waals surface area contributed by atoms with Gasteiger partial charge in [0.25, 0.3) is 0 Å². The fourth-order valence-electron chi connectivity index (χ4n) is 2.13. The Kier molecular flexibility index (Phi) is 5.10. The van der Waals surface area contributed by atoms with Crippen LogP contribution in [0.4, 0.5) is 0 Å². The number of allylic oxidation sites excluding steroid dienone is 1. The molecule has 1 atom stereocenters. The number of carboxylic acids is 1. The first-order valence-corrected chi connectivity index (χ1v) is 6.86. The van der Waals surface area contributed by atoms with Crippen molar-refractivity contribution in [2.75, 3.05) is 0 Å². The zero-order valence-corrected chi connectivity index (χ0v) is 11.8. The van der Waals surface area contributed by atoms with E-state index in [9.17, 15) is 9.90 Å². The maximum absolute atomic E-state index is 11.2. The van der Waals surface area contributed by atoms with E-state index in [0.717, 1.165) is 11.1 Å². The van der Waals surface area contributed by atoms with Crippen LogP contribution in [0.15, 0.2) is 78.9 Å². The second-order valence-electron chi connectivity index (χ2n) is 4.90. The summed E-state index contributed by atoms with van der Waals surface area (Å²) in [6.07, 6.45) is 4.50. The Balaban J connectivity index is 2.18. The SMILES string of the molecule is C=C(C(=O)O)C(C=Cc1ccccc1)Cc1ccccc1. The van der Waals surface area contributed by atoms with Crippen molar-refractivity contribution in [3.8, 4) is 0 Å². The molecule has 2 aromatic carbocycles. The van der Waals surface area contributed by atoms with Gasteiger partial charge in [-0.1, -0.05) is 79.4 Å². The third kappa shape index (κ3) is 4.46. The van der Waals surface area contributed by atoms with E-state index in [1.165, 1.54) is 0 Å². The molecule has 0 radical (unpaired) electrons. The van der Waals surface area contributed by atoms with Crippen LogP contribution in [-0.2, 0) is 11.2 Å². The molecule has 106 valence electrons. The molecule has 2 aromatic rings. The predicted octanol–water partition coefficient (Wildman–Crippen LogP) is 4.20. The van der Waals surface area contributed by atoms with Gasteiger partial charge in [-0.3, -0.25) is 0 Å². The number of aliphatic carboxylic acids is 1. The molecule has 0 heterocycles. The van der Waals surface area contributed by atoms with Gasteiger partial charge < -0.3 is 5.11 Å². The van der Waals surface area contributed by atoms with Crippen molar-refractivity contribution < 1.29 is 9.90 Å². The Morgan fingerprint density at radius 3 is 2.19 bits per heavy atom. The number of carboxylic acid groups (broad SMARTS) is 1. The summed E-state index contributed by atoms with van der Waals surface area (Å²) in [6, 6.07) is 19.7. The van der Waals surface area contributed by atoms with Gasteiger partial charge in [0.2, 0.25) is 0 Å². The van der Waals surface area contributed by atoms with Crippen LogP contribution in [0.25, 0.3) is 6.08 Å². The van der Waals surface area contributed by atoms with E-state index in [0.29, 0.717) is 6.42 Å². The highest BCUT2D eigenvalue weighted by molar-refractivity contribution is 5.87. The molecule has 0 bridgehead atoms. The summed E-state index contributed by atoms with van der Waals surface area (Å²) in [6.45, 7) is 3.71. The lowest BCUT2D eigenvalue weighted by molar-refractivity contribution is -0.133. The minimum absolute atomic E-state index is 0.214. The minimum atomic E-state index is -0.950. The fourth-order valence-corrected chi connectivity index (χ4v) is 2.13. The topological polar surface area (TPSA) is 37.3 Å². The number of rotatable bonds is 6. The van der Waals surface area contributed by atoms with E-state index in [1.54, 1.807) is 0 Å². The molecule has 0 aromatic heterocycles. The van der Waals surface area contributed by atoms with Crippen molar-refractivity contribution in [3.63, 3.8) is 0 Å². The van der Waals surface area contributed by atoms with Gasteiger partial charge in [0, 0.05) is 11.5 Å². The van der Waals surface area contributed by atoms with E-state index >= 15 is 0 Å². The average Bonchev–Trinajstić information content (AvgIpc) is 2.52. The van der Waals surface area contributed by atoms with Crippen molar-refractivity contribution in [2.45, 2.75) is 6.42 Å². The average molecular weight is 278 g/mol. The standard InChI is InChI=1S/C19H18O2/c1-15(19(20)21)18(14-17-10-6-3-7-11-17)13-12-16-8-4-2-5-9-16/h2-13,18H,1,14H2,(H,20,21). The molecule has 2 nitrogen and oxygen atoms in total. The van der Waals surface area contributed by atoms with Crippen molar-refractivity contribution in [1.29, 1.82) is 0 Å². The zero-order chi connectivity index (χ0) is 15.1. The van der Waals surface area contributed by atoms with Gasteiger partial charge in [-0.15, -0.1) is 0 Å². The molecule has 0 aliphatic rings. The molecule has 0 aliphatic carbocycles. The Morgan fingerprint density at radius 2 is 1.62 bits per heavy atom. The summed E-state index contributed by atoms with van der Waals surface area (Å²) < 4.78 is 0. The maximum atomic E-state index is 11.2. The van der Waals surface area contributed by atoms with Gasteiger partial charge in [0.05, 0.1) is 0 Å². The largest absolute Gasteiger partial charge is 0.478 e. The van der Waals surface area contributed by atoms with Crippen LogP contribution in [0.2, 0.25) is 0 Å². The van der Waals surface area contributed by atoms with Gasteiger partial charge in [-0.05, 0) is 17.5 Å². The summed E-state index contributed by atoms with van der Waals surface area (Å²) in [5.41, 5.74) is 2.36. The third-order valence-corrected chi connectivity index (χ3v) is 3.34. The Bertz CT molecular complexity index is 627. The van der Waals surface area contributed by atoms with Gasteiger partial charge in [0.15, 0.2) is 0 Å². The fraction of sp³-hybridized carbons (Fsp3) is 0.105. The molecule has 2 rings (SSSR count). The number of carbonyl (C=O) groups is 1. The molecule has 0 fully saturated rings. The van der Waals surface area contributed by atoms with E-state index in [4.69, 9.17) is 0 Å². The lowest BCUT2D eigenvalue weighted by Crippen LogP contribution is -2.12. The Hall–Kier alpha value is -2.61. The van der Waals surface area contributed by atoms with Crippen LogP contribution in [0.5, 0.6) is 0 Å². The Labute approximate surface area is 125 Å². The van der Waals surface area contributed by atoms with Gasteiger partial charge in [-0.2, -0.15) is 0 Å². The lowest BCUT2D eigenvalue weighted by atomic mass is 9.91. The highest BCUT2D eigenvalue weighted by Gasteiger charge is 2.16. The molecular weight excluding hydrogens is 260 g/mol. The number of hydrogen-bond acceptors (Lipinski definition) is 1. The summed E-state index contributed by atoms with van der Waals surface area (Å²) in [5, 5.41) is 9.19. The van der Waals surface area contributed by atoms with Crippen molar-refractivity contribution in [2.24, 2.45) is 5.92 Å². The Morgan fingerprint density at radius 1 is 1.05 bits per heavy atom. The summed E-state index contributed by atoms with van der Waals surface area (Å²) in [4.78, 5) is 11.2. The van der Waals surface area contributed by atoms with E-state index < -0.39 is 5.97 Å². The van der Waals surface area contributed by atoms with Crippen LogP contribution in [-0.4, -0.2) is 11.1 Å². The molecule has 0 amide bonds. The van der Waals surface area contributed by atoms with Gasteiger partial charge in [0.1, 0.15) is 0 Å². The van der Waals surface area contributed by atoms with Crippen LogP contribution in [0.3, 0.4) is 0 Å². The third-order valence-electron chi connectivity index (χ3n) is 3.34. The first-order chi connectivity index (χ1) is 10.2. The lowest BCUT2D eigenvalue weighted by Gasteiger charge is -2.13. The van der Waals surface area contributed by atoms with Crippen LogP contribution in [0, 0.1) is 5.92 Å². The minimum Gasteiger partial charge on any atom is -0.478 e. The monoisotopic (exact) mass is 278 g/mol. The maximum Gasteiger partial charge on any atom is 0.331 e. The second-order valence-corrected chi connectivity index (χ2v) is 4.90. The first kappa shape index (κ1) is 14.8. The predicted molar refractivity (Wildman–Crippen MR) is 85.9 cm³/mol. The summed E-state index contributed by atoms with van der Waals surface area (Å²) in [7, 11) is 0. The van der Waals surface area contributed by atoms with Crippen molar-refractivity contribution >= 4 is 12.0 Å². The quantitative estimate of drug-likeness (QED) is 0.804. The van der Waals surface area contributed by atoms with Crippen molar-refractivity contribution in [3.05, 3.63) is 90.0 Å². The summed E-state index contributed by atoms with van der Waals surface area (Å²) >= 11 is 0. The van der Waals surface area contributed by atoms with E-state index in [-0.39, 0.29) is 11.5 Å². The van der Waals surface area contributed by atoms with E-state index in [1.807, 2.05) is 72.8 Å². The molecule has 0 spiro atoms. The summed E-state index contributed by atoms with van der Waals surface area (Å²) in [5.74, 6) is -1.17. The van der Waals surface area contributed by atoms with Crippen LogP contribution in [0.1, 0.15) is 11.1 Å². The highest BCUT2D eigenvalue weighted by Crippen LogP contribution is 2.19. The molecule has 0 aliphatic heterocycles. The van der Waals surface area contributed by atoms with Gasteiger partial charge in [-0.25, -0.2) is 4.79 Å². The number of benzene rings is 2. The molecule has 0 saturated carbocycles. The molecule has 21 heavy (non-hydrogen) atoms.